The summed E-state index contributed by atoms with van der Waals surface area (Å²) in [6, 6.07) is 146. The standard InChI is InChI=1S/C135H105F2N5S/c136-104-59-47-97(48-60-104)133-118-23-8-7-19-110(118)111-69-53-100(79-124(111)133)89-35-41-94(42-36-89)131(95-43-37-92(38-44-95)103-56-72-117-114-22-11-14-26-127(114)142(130(117)82-103)108-67-61-105(137)62-68-108)121-76-75-109(134-135(121)139-143-138-134)93-39-45-96(46-40-93)132-119-73-57-98(87-27-31-90(32-28-87)101-54-70-115-112-20-9-12-24-125(112)140(128(115)80-101)106-63-49-85(50-64-106)83-15-3-1-4-16-83)77-122(119)123-78-99(58-74-120(123)132)88-29-33-91(34-30-88)102-55-71-116-113-21-10-13-25-126(113)141(129(116)81-102)107-65-51-86(52-66-107)84-17-5-2-6-18-84/h1-38,41,43-44,47-74,77-82,93-94,96,109,119-123,131-135,138-139H,39-40,42,45-46,75-76H2. The van der Waals surface area contributed by atoms with Crippen LogP contribution in [0.2, 0.25) is 0 Å². The van der Waals surface area contributed by atoms with Gasteiger partial charge >= 0.3 is 0 Å². The van der Waals surface area contributed by atoms with E-state index in [1.165, 1.54) is 198 Å². The number of hydrogen-bond donors (Lipinski definition) is 2. The minimum Gasteiger partial charge on any atom is -0.309 e. The first-order valence-corrected chi connectivity index (χ1v) is 52.3. The van der Waals surface area contributed by atoms with Gasteiger partial charge in [-0.25, -0.2) is 18.2 Å². The third-order valence-corrected chi connectivity index (χ3v) is 35.1. The Bertz CT molecular complexity index is 8300. The van der Waals surface area contributed by atoms with Crippen molar-refractivity contribution in [2.24, 2.45) is 59.2 Å². The monoisotopic (exact) mass is 1870 g/mol. The molecule has 3 saturated carbocycles. The number of nitrogens with one attached hydrogen (secondary N) is 2. The van der Waals surface area contributed by atoms with Crippen LogP contribution in [0.1, 0.15) is 95.7 Å². The maximum absolute atomic E-state index is 14.6. The van der Waals surface area contributed by atoms with Gasteiger partial charge in [0.25, 0.3) is 0 Å². The lowest BCUT2D eigenvalue weighted by Gasteiger charge is -2.48. The Balaban J connectivity index is 0.473. The molecular formula is C135H105F2N5S. The number of nitrogens with zero attached hydrogens (tertiary/aromatic N) is 3. The average Bonchev–Trinajstić information content (AvgIpc) is 1.65. The van der Waals surface area contributed by atoms with E-state index in [0.29, 0.717) is 59.3 Å². The van der Waals surface area contributed by atoms with Crippen molar-refractivity contribution in [3.63, 3.8) is 0 Å². The highest BCUT2D eigenvalue weighted by molar-refractivity contribution is 7.95. The summed E-state index contributed by atoms with van der Waals surface area (Å²) < 4.78 is 44.6. The fourth-order valence-electron chi connectivity index (χ4n) is 27.5. The summed E-state index contributed by atoms with van der Waals surface area (Å²) >= 11 is 1.76. The fraction of sp³-hybridized carbons (Fsp3) is 0.156. The lowest BCUT2D eigenvalue weighted by molar-refractivity contribution is 0.0735. The van der Waals surface area contributed by atoms with Gasteiger partial charge in [-0.2, -0.15) is 0 Å². The van der Waals surface area contributed by atoms with Crippen LogP contribution in [0, 0.1) is 70.8 Å². The molecule has 0 radical (unpaired) electrons. The van der Waals surface area contributed by atoms with E-state index >= 15 is 0 Å². The van der Waals surface area contributed by atoms with Crippen LogP contribution in [-0.4, -0.2) is 25.8 Å². The third-order valence-electron chi connectivity index (χ3n) is 34.3. The number of rotatable bonds is 17. The van der Waals surface area contributed by atoms with Gasteiger partial charge in [-0.1, -0.05) is 352 Å². The zero-order chi connectivity index (χ0) is 94.4. The zero-order valence-electron chi connectivity index (χ0n) is 79.3. The molecule has 4 fully saturated rings. The second-order valence-corrected chi connectivity index (χ2v) is 42.1. The van der Waals surface area contributed by atoms with Crippen LogP contribution >= 0.6 is 12.1 Å². The smallest absolute Gasteiger partial charge is 0.123 e. The molecule has 4 heterocycles. The van der Waals surface area contributed by atoms with Gasteiger partial charge in [-0.15, -0.1) is 0 Å². The van der Waals surface area contributed by atoms with Crippen molar-refractivity contribution in [2.45, 2.75) is 68.9 Å². The van der Waals surface area contributed by atoms with Gasteiger partial charge in [0.1, 0.15) is 11.6 Å². The predicted octanol–water partition coefficient (Wildman–Crippen LogP) is 34.2. The van der Waals surface area contributed by atoms with E-state index in [1.807, 2.05) is 24.3 Å². The maximum Gasteiger partial charge on any atom is 0.123 e. The average molecular weight is 1870 g/mol. The van der Waals surface area contributed by atoms with Gasteiger partial charge < -0.3 is 13.7 Å². The lowest BCUT2D eigenvalue weighted by Crippen LogP contribution is -2.53. The first kappa shape index (κ1) is 85.7. The number of aromatic nitrogens is 3. The molecule has 7 aliphatic carbocycles. The second kappa shape index (κ2) is 35.4. The van der Waals surface area contributed by atoms with Crippen LogP contribution in [0.4, 0.5) is 8.78 Å². The van der Waals surface area contributed by atoms with E-state index in [1.54, 1.807) is 36.4 Å². The lowest BCUT2D eigenvalue weighted by atomic mass is 9.59. The number of halogens is 2. The topological polar surface area (TPSA) is 38.9 Å². The van der Waals surface area contributed by atoms with Crippen LogP contribution in [0.25, 0.3) is 166 Å². The molecule has 0 bridgehead atoms. The Morgan fingerprint density at radius 1 is 0.287 bits per heavy atom. The molecule has 11 atom stereocenters. The first-order chi connectivity index (χ1) is 70.7. The number of allylic oxidation sites excluding steroid dienone is 12. The molecule has 8 aliphatic rings. The van der Waals surface area contributed by atoms with Crippen molar-refractivity contribution < 1.29 is 8.78 Å². The SMILES string of the molecule is Fc1ccc(C2c3ccccc3-c3ccc(C4=CCC(C(c5ccc(-c6ccc7c8ccccc8n(-c8ccc(F)cc8)c7c6)cc5)C5CCC(C6CCC(C7C8C=CC(c9ccc(-c%10ccc%11c%12ccccc%12n(-c%12ccc(-c%13ccccc%13)cc%12)c%11c%10)cc9)=CC8C8C=C(c9ccc(-c%10ccc%11c%12ccccc%12n(-c%12ccc(-c%13ccccc%13)cc%12)c%11c%10)cc9)C=CC87)CC6)C6NSNC56)C=C4)cc32)cc1. The Kier molecular flexibility index (Phi) is 21.2. The highest BCUT2D eigenvalue weighted by Crippen LogP contribution is 2.61. The minimum absolute atomic E-state index is 0.0200. The summed E-state index contributed by atoms with van der Waals surface area (Å²) in [6.45, 7) is 0. The fourth-order valence-corrected chi connectivity index (χ4v) is 28.5. The summed E-state index contributed by atoms with van der Waals surface area (Å²) in [4.78, 5) is 0. The molecular weight excluding hydrogens is 1760 g/mol. The Morgan fingerprint density at radius 3 is 1.18 bits per heavy atom. The van der Waals surface area contributed by atoms with E-state index in [0.717, 1.165) is 52.1 Å². The van der Waals surface area contributed by atoms with Gasteiger partial charge in [-0.05, 0) is 336 Å². The van der Waals surface area contributed by atoms with Crippen LogP contribution in [0.15, 0.2) is 455 Å². The van der Waals surface area contributed by atoms with Gasteiger partial charge in [0.2, 0.25) is 0 Å². The molecule has 0 spiro atoms. The van der Waals surface area contributed by atoms with Gasteiger partial charge in [0, 0.05) is 79.5 Å². The summed E-state index contributed by atoms with van der Waals surface area (Å²) in [5.74, 6) is 4.23. The third kappa shape index (κ3) is 14.9. The van der Waals surface area contributed by atoms with Crippen molar-refractivity contribution in [1.29, 1.82) is 0 Å². The van der Waals surface area contributed by atoms with Gasteiger partial charge in [0.15, 0.2) is 0 Å². The van der Waals surface area contributed by atoms with Crippen LogP contribution in [-0.2, 0) is 0 Å². The van der Waals surface area contributed by atoms with Crippen molar-refractivity contribution in [1.82, 2.24) is 23.1 Å². The molecule has 11 unspecified atom stereocenters. The minimum atomic E-state index is -0.244. The van der Waals surface area contributed by atoms with Crippen molar-refractivity contribution in [3.8, 4) is 83.8 Å². The van der Waals surface area contributed by atoms with E-state index in [2.05, 4.69) is 430 Å². The van der Waals surface area contributed by atoms with Crippen LogP contribution < -0.4 is 9.44 Å². The summed E-state index contributed by atoms with van der Waals surface area (Å²) in [7, 11) is 0. The predicted molar refractivity (Wildman–Crippen MR) is 591 cm³/mol. The molecule has 690 valence electrons. The largest absolute Gasteiger partial charge is 0.309 e. The summed E-state index contributed by atoms with van der Waals surface area (Å²) in [6.07, 6.45) is 31.6. The zero-order valence-corrected chi connectivity index (χ0v) is 80.2. The highest BCUT2D eigenvalue weighted by atomic mass is 32.2. The molecule has 28 rings (SSSR count). The summed E-state index contributed by atoms with van der Waals surface area (Å²) in [5, 5.41) is 7.37. The quantitative estimate of drug-likeness (QED) is 0.0893. The Hall–Kier alpha value is -15.3. The number of benzene rings is 17. The molecule has 17 aromatic carbocycles. The Morgan fingerprint density at radius 2 is 0.678 bits per heavy atom. The maximum atomic E-state index is 14.6. The highest BCUT2D eigenvalue weighted by Gasteiger charge is 2.54. The molecule has 5 nitrogen and oxygen atoms in total. The van der Waals surface area contributed by atoms with Crippen molar-refractivity contribution >= 4 is 94.3 Å². The number of para-hydroxylation sites is 3. The van der Waals surface area contributed by atoms with Gasteiger partial charge in [0.05, 0.1) is 33.1 Å². The van der Waals surface area contributed by atoms with Crippen LogP contribution in [0.3, 0.4) is 0 Å². The first-order valence-electron chi connectivity index (χ1n) is 51.5. The molecule has 3 aromatic heterocycles. The van der Waals surface area contributed by atoms with Crippen molar-refractivity contribution in [3.05, 3.63) is 506 Å². The van der Waals surface area contributed by atoms with E-state index in [9.17, 15) is 8.78 Å². The van der Waals surface area contributed by atoms with Crippen LogP contribution in [0.5, 0.6) is 0 Å². The second-order valence-electron chi connectivity index (χ2n) is 41.5. The molecule has 1 aliphatic heterocycles. The van der Waals surface area contributed by atoms with E-state index < -0.39 is 0 Å². The Labute approximate surface area is 837 Å². The van der Waals surface area contributed by atoms with E-state index in [-0.39, 0.29) is 35.4 Å². The molecule has 1 saturated heterocycles. The number of fused-ring (bicyclic) bond motifs is 16. The molecule has 2 N–H and O–H groups in total. The van der Waals surface area contributed by atoms with E-state index in [4.69, 9.17) is 0 Å². The van der Waals surface area contributed by atoms with Gasteiger partial charge in [-0.3, -0.25) is 0 Å². The molecule has 0 amide bonds. The normalized spacial score (nSPS) is 22.3. The molecule has 20 aromatic rings. The molecule has 8 heteroatoms. The molecule has 143 heavy (non-hydrogen) atoms. The summed E-state index contributed by atoms with van der Waals surface area (Å²) in [5.41, 5.74) is 37.5. The van der Waals surface area contributed by atoms with Crippen molar-refractivity contribution in [2.75, 3.05) is 0 Å². The number of hydrogen-bond acceptors (Lipinski definition) is 3.